The van der Waals surface area contributed by atoms with E-state index in [0.29, 0.717) is 13.1 Å². The van der Waals surface area contributed by atoms with Crippen molar-refractivity contribution in [3.8, 4) is 11.8 Å². The molecule has 0 bridgehead atoms. The van der Waals surface area contributed by atoms with E-state index in [1.54, 1.807) is 0 Å². The van der Waals surface area contributed by atoms with Crippen molar-refractivity contribution >= 4 is 36.8 Å². The minimum absolute atomic E-state index is 0. The van der Waals surface area contributed by atoms with E-state index in [9.17, 15) is 9.59 Å². The van der Waals surface area contributed by atoms with Crippen LogP contribution in [0.15, 0.2) is 24.3 Å². The standard InChI is InChI=1S/C25H37NO4.2ClH/c1-3-4-5-6-7-8-9-10-13-21-14-16-22(17-15-21)20-26-19-12-11-18-25(2,23(27)28)24(29)30;;/h14-17,26H,3-10,13,18-20H2,1-2H3,(H,27,28)(H,29,30);2*1H. The van der Waals surface area contributed by atoms with Crippen LogP contribution in [0, 0.1) is 17.3 Å². The van der Waals surface area contributed by atoms with Crippen LogP contribution < -0.4 is 5.32 Å². The lowest BCUT2D eigenvalue weighted by atomic mass is 9.87. The molecule has 7 heteroatoms. The Morgan fingerprint density at radius 1 is 0.844 bits per heavy atom. The van der Waals surface area contributed by atoms with Crippen LogP contribution in [-0.2, 0) is 22.6 Å². The van der Waals surface area contributed by atoms with Gasteiger partial charge in [-0.3, -0.25) is 9.59 Å². The smallest absolute Gasteiger partial charge is 0.321 e. The fourth-order valence-electron chi connectivity index (χ4n) is 3.10. The summed E-state index contributed by atoms with van der Waals surface area (Å²) in [7, 11) is 0. The number of aliphatic carboxylic acids is 2. The quantitative estimate of drug-likeness (QED) is 0.163. The molecule has 0 fully saturated rings. The van der Waals surface area contributed by atoms with Crippen molar-refractivity contribution in [3.63, 3.8) is 0 Å². The van der Waals surface area contributed by atoms with Crippen molar-refractivity contribution in [2.45, 2.75) is 84.6 Å². The molecule has 0 radical (unpaired) electrons. The summed E-state index contributed by atoms with van der Waals surface area (Å²) in [5.41, 5.74) is 0.668. The van der Waals surface area contributed by atoms with E-state index in [1.165, 1.54) is 63.9 Å². The molecule has 1 aromatic carbocycles. The molecule has 32 heavy (non-hydrogen) atoms. The second-order valence-corrected chi connectivity index (χ2v) is 8.12. The van der Waals surface area contributed by atoms with Gasteiger partial charge in [0.05, 0.1) is 6.54 Å². The Kier molecular flexibility index (Phi) is 19.1. The molecule has 5 nitrogen and oxygen atoms in total. The Morgan fingerprint density at radius 2 is 1.34 bits per heavy atom. The number of rotatable bonds is 15. The maximum absolute atomic E-state index is 11.1. The van der Waals surface area contributed by atoms with Crippen molar-refractivity contribution in [1.82, 2.24) is 5.32 Å². The first-order valence-corrected chi connectivity index (χ1v) is 11.1. The van der Waals surface area contributed by atoms with E-state index in [-0.39, 0.29) is 31.2 Å². The molecule has 0 saturated carbocycles. The number of carbonyl (C=O) groups is 2. The fraction of sp³-hybridized carbons (Fsp3) is 0.600. The van der Waals surface area contributed by atoms with Crippen LogP contribution in [0.2, 0.25) is 0 Å². The van der Waals surface area contributed by atoms with Gasteiger partial charge in [-0.05, 0) is 30.9 Å². The zero-order valence-corrected chi connectivity index (χ0v) is 21.0. The molecule has 0 unspecified atom stereocenters. The number of hydrogen-bond acceptors (Lipinski definition) is 3. The maximum Gasteiger partial charge on any atom is 0.321 e. The highest BCUT2D eigenvalue weighted by Gasteiger charge is 2.40. The van der Waals surface area contributed by atoms with E-state index in [2.05, 4.69) is 48.3 Å². The number of nitrogens with one attached hydrogen (secondary N) is 1. The molecule has 0 aliphatic carbocycles. The highest BCUT2D eigenvalue weighted by atomic mass is 35.5. The van der Waals surface area contributed by atoms with E-state index < -0.39 is 17.4 Å². The van der Waals surface area contributed by atoms with Gasteiger partial charge in [0.1, 0.15) is 0 Å². The van der Waals surface area contributed by atoms with Gasteiger partial charge in [0.2, 0.25) is 0 Å². The number of aryl methyl sites for hydroxylation is 1. The highest BCUT2D eigenvalue weighted by Crippen LogP contribution is 2.21. The molecule has 0 spiro atoms. The van der Waals surface area contributed by atoms with Crippen molar-refractivity contribution < 1.29 is 19.8 Å². The van der Waals surface area contributed by atoms with Gasteiger partial charge in [-0.2, -0.15) is 0 Å². The monoisotopic (exact) mass is 487 g/mol. The largest absolute Gasteiger partial charge is 0.480 e. The van der Waals surface area contributed by atoms with Crippen molar-refractivity contribution in [2.75, 3.05) is 6.54 Å². The Bertz CT molecular complexity index is 697. The summed E-state index contributed by atoms with van der Waals surface area (Å²) >= 11 is 0. The highest BCUT2D eigenvalue weighted by molar-refractivity contribution is 5.98. The summed E-state index contributed by atoms with van der Waals surface area (Å²) in [6.07, 6.45) is 11.6. The topological polar surface area (TPSA) is 86.6 Å². The van der Waals surface area contributed by atoms with Crippen LogP contribution in [0.5, 0.6) is 0 Å². The molecular weight excluding hydrogens is 449 g/mol. The van der Waals surface area contributed by atoms with Crippen LogP contribution in [-0.4, -0.2) is 28.7 Å². The summed E-state index contributed by atoms with van der Waals surface area (Å²) in [5.74, 6) is 2.72. The first-order chi connectivity index (χ1) is 14.4. The molecule has 3 N–H and O–H groups in total. The lowest BCUT2D eigenvalue weighted by molar-refractivity contribution is -0.162. The van der Waals surface area contributed by atoms with Gasteiger partial charge >= 0.3 is 11.9 Å². The molecule has 0 amide bonds. The summed E-state index contributed by atoms with van der Waals surface area (Å²) in [6.45, 7) is 4.48. The van der Waals surface area contributed by atoms with Gasteiger partial charge in [0.15, 0.2) is 5.41 Å². The first-order valence-electron chi connectivity index (χ1n) is 11.1. The summed E-state index contributed by atoms with van der Waals surface area (Å²) in [5, 5.41) is 21.2. The van der Waals surface area contributed by atoms with Crippen LogP contribution in [0.25, 0.3) is 0 Å². The van der Waals surface area contributed by atoms with Gasteiger partial charge in [-0.1, -0.05) is 82.1 Å². The average Bonchev–Trinajstić information content (AvgIpc) is 2.73. The van der Waals surface area contributed by atoms with E-state index in [0.717, 1.165) is 12.0 Å². The van der Waals surface area contributed by atoms with Crippen molar-refractivity contribution in [2.24, 2.45) is 5.41 Å². The first kappa shape index (κ1) is 32.4. The SMILES string of the molecule is CCCCCCCCCCc1ccc(CNCC#CCC(C)(C(=O)O)C(=O)O)cc1.Cl.Cl. The molecule has 0 aliphatic rings. The lowest BCUT2D eigenvalue weighted by Crippen LogP contribution is -2.35. The molecule has 0 atom stereocenters. The minimum atomic E-state index is -1.86. The Hall–Kier alpha value is -1.74. The molecule has 182 valence electrons. The molecule has 0 aromatic heterocycles. The number of halogens is 2. The van der Waals surface area contributed by atoms with Gasteiger partial charge in [-0.25, -0.2) is 0 Å². The predicted molar refractivity (Wildman–Crippen MR) is 135 cm³/mol. The predicted octanol–water partition coefficient (Wildman–Crippen LogP) is 5.87. The number of unbranched alkanes of at least 4 members (excludes halogenated alkanes) is 7. The van der Waals surface area contributed by atoms with E-state index in [1.807, 2.05) is 0 Å². The molecule has 0 aliphatic heterocycles. The number of benzene rings is 1. The summed E-state index contributed by atoms with van der Waals surface area (Å²) in [4.78, 5) is 22.2. The lowest BCUT2D eigenvalue weighted by Gasteiger charge is -2.15. The van der Waals surface area contributed by atoms with Crippen LogP contribution in [0.1, 0.15) is 82.8 Å². The third kappa shape index (κ3) is 13.0. The third-order valence-corrected chi connectivity index (χ3v) is 5.40. The Morgan fingerprint density at radius 3 is 1.88 bits per heavy atom. The number of carboxylic acids is 2. The van der Waals surface area contributed by atoms with Gasteiger partial charge in [0, 0.05) is 13.0 Å². The van der Waals surface area contributed by atoms with Crippen LogP contribution in [0.4, 0.5) is 0 Å². The molecule has 0 heterocycles. The molecule has 1 rings (SSSR count). The van der Waals surface area contributed by atoms with Crippen molar-refractivity contribution in [1.29, 1.82) is 0 Å². The second-order valence-electron chi connectivity index (χ2n) is 8.12. The zero-order valence-electron chi connectivity index (χ0n) is 19.3. The maximum atomic E-state index is 11.1. The fourth-order valence-corrected chi connectivity index (χ4v) is 3.10. The van der Waals surface area contributed by atoms with Crippen LogP contribution in [0.3, 0.4) is 0 Å². The van der Waals surface area contributed by atoms with Crippen LogP contribution >= 0.6 is 24.8 Å². The van der Waals surface area contributed by atoms with E-state index >= 15 is 0 Å². The minimum Gasteiger partial charge on any atom is -0.480 e. The summed E-state index contributed by atoms with van der Waals surface area (Å²) in [6, 6.07) is 8.59. The Balaban J connectivity index is 0. The van der Waals surface area contributed by atoms with Crippen molar-refractivity contribution in [3.05, 3.63) is 35.4 Å². The summed E-state index contributed by atoms with van der Waals surface area (Å²) < 4.78 is 0. The van der Waals surface area contributed by atoms with Gasteiger partial charge < -0.3 is 15.5 Å². The van der Waals surface area contributed by atoms with E-state index in [4.69, 9.17) is 10.2 Å². The van der Waals surface area contributed by atoms with Gasteiger partial charge in [-0.15, -0.1) is 30.7 Å². The molecule has 0 saturated heterocycles. The number of carboxylic acid groups (broad SMARTS) is 2. The third-order valence-electron chi connectivity index (χ3n) is 5.40. The normalized spacial score (nSPS) is 10.3. The molecular formula is C25H39Cl2NO4. The second kappa shape index (κ2) is 18.8. The zero-order chi connectivity index (χ0) is 22.2. The van der Waals surface area contributed by atoms with Gasteiger partial charge in [0.25, 0.3) is 0 Å². The Labute approximate surface area is 205 Å². The molecule has 1 aromatic rings. The number of hydrogen-bond donors (Lipinski definition) is 3. The average molecular weight is 488 g/mol.